The third-order valence-electron chi connectivity index (χ3n) is 5.00. The molecule has 2 aliphatic rings. The smallest absolute Gasteiger partial charge is 0.308 e. The number of carboxylic acid groups (broad SMARTS) is 1. The number of benzene rings is 1. The van der Waals surface area contributed by atoms with Crippen LogP contribution in [-0.4, -0.2) is 39.0 Å². The van der Waals surface area contributed by atoms with Gasteiger partial charge >= 0.3 is 5.97 Å². The monoisotopic (exact) mass is 296 g/mol. The Morgan fingerprint density at radius 1 is 1.23 bits per heavy atom. The van der Waals surface area contributed by atoms with E-state index in [-0.39, 0.29) is 18.0 Å². The van der Waals surface area contributed by atoms with E-state index in [1.165, 1.54) is 0 Å². The van der Waals surface area contributed by atoms with Gasteiger partial charge < -0.3 is 10.0 Å². The molecule has 2 saturated heterocycles. The molecular formula is C17H16N2O3. The summed E-state index contributed by atoms with van der Waals surface area (Å²) in [5.74, 6) is -1.27. The first-order valence-electron chi connectivity index (χ1n) is 7.55. The van der Waals surface area contributed by atoms with Gasteiger partial charge in [-0.25, -0.2) is 0 Å². The number of rotatable bonds is 2. The molecular weight excluding hydrogens is 280 g/mol. The van der Waals surface area contributed by atoms with E-state index in [9.17, 15) is 14.7 Å². The third kappa shape index (κ3) is 1.81. The highest BCUT2D eigenvalue weighted by Gasteiger charge is 2.51. The number of amides is 1. The molecule has 2 bridgehead atoms. The van der Waals surface area contributed by atoms with E-state index in [4.69, 9.17) is 0 Å². The lowest BCUT2D eigenvalue weighted by Gasteiger charge is -2.23. The van der Waals surface area contributed by atoms with E-state index in [1.54, 1.807) is 23.4 Å². The second-order valence-electron chi connectivity index (χ2n) is 6.09. The number of hydrogen-bond donors (Lipinski definition) is 1. The molecule has 5 heteroatoms. The number of hydrogen-bond acceptors (Lipinski definition) is 3. The van der Waals surface area contributed by atoms with Crippen LogP contribution in [0.2, 0.25) is 0 Å². The minimum Gasteiger partial charge on any atom is -0.481 e. The Bertz CT molecular complexity index is 768. The van der Waals surface area contributed by atoms with Crippen molar-refractivity contribution >= 4 is 22.6 Å². The zero-order chi connectivity index (χ0) is 15.3. The normalized spacial score (nSPS) is 26.5. The average molecular weight is 296 g/mol. The summed E-state index contributed by atoms with van der Waals surface area (Å²) >= 11 is 0. The summed E-state index contributed by atoms with van der Waals surface area (Å²) < 4.78 is 0. The lowest BCUT2D eigenvalue weighted by molar-refractivity contribution is -0.142. The highest BCUT2D eigenvalue weighted by molar-refractivity contribution is 6.07. The molecule has 0 spiro atoms. The van der Waals surface area contributed by atoms with Gasteiger partial charge in [-0.15, -0.1) is 0 Å². The SMILES string of the molecule is O=C(O)C1CC2CCC1N2C(=O)c1cccc2ccncc12. The van der Waals surface area contributed by atoms with Gasteiger partial charge in [-0.3, -0.25) is 14.6 Å². The molecule has 0 radical (unpaired) electrons. The van der Waals surface area contributed by atoms with E-state index in [1.807, 2.05) is 18.2 Å². The molecule has 2 fully saturated rings. The minimum atomic E-state index is -0.787. The summed E-state index contributed by atoms with van der Waals surface area (Å²) in [6.07, 6.45) is 5.68. The zero-order valence-electron chi connectivity index (χ0n) is 12.0. The maximum Gasteiger partial charge on any atom is 0.308 e. The first kappa shape index (κ1) is 13.2. The first-order chi connectivity index (χ1) is 10.7. The fourth-order valence-corrected chi connectivity index (χ4v) is 4.01. The lowest BCUT2D eigenvalue weighted by Crippen LogP contribution is -2.37. The molecule has 22 heavy (non-hydrogen) atoms. The van der Waals surface area contributed by atoms with Crippen LogP contribution in [0.1, 0.15) is 29.6 Å². The van der Waals surface area contributed by atoms with Gasteiger partial charge in [0.15, 0.2) is 0 Å². The standard InChI is InChI=1S/C17H16N2O3/c20-16(12-3-1-2-10-6-7-18-9-14(10)12)19-11-4-5-15(19)13(8-11)17(21)22/h1-3,6-7,9,11,13,15H,4-5,8H2,(H,21,22). The number of aromatic nitrogens is 1. The van der Waals surface area contributed by atoms with E-state index in [0.717, 1.165) is 23.6 Å². The number of fused-ring (bicyclic) bond motifs is 3. The topological polar surface area (TPSA) is 70.5 Å². The largest absolute Gasteiger partial charge is 0.481 e. The second kappa shape index (κ2) is 4.80. The molecule has 0 saturated carbocycles. The average Bonchev–Trinajstić information content (AvgIpc) is 3.11. The van der Waals surface area contributed by atoms with Crippen molar-refractivity contribution in [2.24, 2.45) is 5.92 Å². The van der Waals surface area contributed by atoms with Crippen molar-refractivity contribution in [2.75, 3.05) is 0 Å². The van der Waals surface area contributed by atoms with Crippen LogP contribution in [0.15, 0.2) is 36.7 Å². The molecule has 1 N–H and O–H groups in total. The number of carbonyl (C=O) groups excluding carboxylic acids is 1. The van der Waals surface area contributed by atoms with Gasteiger partial charge in [-0.2, -0.15) is 0 Å². The van der Waals surface area contributed by atoms with Crippen LogP contribution in [0, 0.1) is 5.92 Å². The summed E-state index contributed by atoms with van der Waals surface area (Å²) in [6, 6.07) is 7.40. The van der Waals surface area contributed by atoms with E-state index in [2.05, 4.69) is 4.98 Å². The number of aliphatic carboxylic acids is 1. The maximum absolute atomic E-state index is 13.0. The van der Waals surface area contributed by atoms with Crippen LogP contribution in [-0.2, 0) is 4.79 Å². The number of carbonyl (C=O) groups is 2. The molecule has 1 amide bonds. The summed E-state index contributed by atoms with van der Waals surface area (Å²) in [5.41, 5.74) is 0.619. The zero-order valence-corrected chi connectivity index (χ0v) is 12.0. The number of carboxylic acids is 1. The van der Waals surface area contributed by atoms with Crippen LogP contribution in [0.3, 0.4) is 0 Å². The predicted octanol–water partition coefficient (Wildman–Crippen LogP) is 2.31. The van der Waals surface area contributed by atoms with Gasteiger partial charge in [0.25, 0.3) is 5.91 Å². The van der Waals surface area contributed by atoms with Crippen molar-refractivity contribution in [1.29, 1.82) is 0 Å². The Morgan fingerprint density at radius 2 is 2.09 bits per heavy atom. The quantitative estimate of drug-likeness (QED) is 0.923. The van der Waals surface area contributed by atoms with Gasteiger partial charge in [-0.1, -0.05) is 12.1 Å². The molecule has 3 atom stereocenters. The molecule has 1 aromatic heterocycles. The summed E-state index contributed by atoms with van der Waals surface area (Å²) in [4.78, 5) is 30.3. The summed E-state index contributed by atoms with van der Waals surface area (Å²) in [5, 5.41) is 11.1. The van der Waals surface area contributed by atoms with Crippen molar-refractivity contribution < 1.29 is 14.7 Å². The molecule has 1 aromatic carbocycles. The van der Waals surface area contributed by atoms with Gasteiger partial charge in [-0.05, 0) is 36.8 Å². The second-order valence-corrected chi connectivity index (χ2v) is 6.09. The van der Waals surface area contributed by atoms with Crippen molar-refractivity contribution in [1.82, 2.24) is 9.88 Å². The number of nitrogens with zero attached hydrogens (tertiary/aromatic N) is 2. The Labute approximate surface area is 127 Å². The lowest BCUT2D eigenvalue weighted by atomic mass is 9.89. The highest BCUT2D eigenvalue weighted by Crippen LogP contribution is 2.43. The number of pyridine rings is 1. The van der Waals surface area contributed by atoms with Crippen molar-refractivity contribution in [3.63, 3.8) is 0 Å². The summed E-state index contributed by atoms with van der Waals surface area (Å²) in [7, 11) is 0. The van der Waals surface area contributed by atoms with Gasteiger partial charge in [0, 0.05) is 35.4 Å². The molecule has 4 rings (SSSR count). The van der Waals surface area contributed by atoms with Gasteiger partial charge in [0.1, 0.15) is 0 Å². The van der Waals surface area contributed by atoms with Crippen LogP contribution >= 0.6 is 0 Å². The van der Waals surface area contributed by atoms with E-state index < -0.39 is 11.9 Å². The maximum atomic E-state index is 13.0. The Hall–Kier alpha value is -2.43. The molecule has 2 aromatic rings. The van der Waals surface area contributed by atoms with Gasteiger partial charge in [0.2, 0.25) is 0 Å². The van der Waals surface area contributed by atoms with E-state index >= 15 is 0 Å². The molecule has 2 aliphatic heterocycles. The Morgan fingerprint density at radius 3 is 2.86 bits per heavy atom. The predicted molar refractivity (Wildman–Crippen MR) is 80.5 cm³/mol. The van der Waals surface area contributed by atoms with Crippen LogP contribution in [0.4, 0.5) is 0 Å². The molecule has 5 nitrogen and oxygen atoms in total. The van der Waals surface area contributed by atoms with Crippen molar-refractivity contribution in [3.05, 3.63) is 42.2 Å². The summed E-state index contributed by atoms with van der Waals surface area (Å²) in [6.45, 7) is 0. The highest BCUT2D eigenvalue weighted by atomic mass is 16.4. The van der Waals surface area contributed by atoms with Crippen molar-refractivity contribution in [3.8, 4) is 0 Å². The van der Waals surface area contributed by atoms with Crippen molar-refractivity contribution in [2.45, 2.75) is 31.3 Å². The first-order valence-corrected chi connectivity index (χ1v) is 7.55. The molecule has 112 valence electrons. The fourth-order valence-electron chi connectivity index (χ4n) is 4.01. The molecule has 3 unspecified atom stereocenters. The Balaban J connectivity index is 1.74. The van der Waals surface area contributed by atoms with Crippen LogP contribution in [0.5, 0.6) is 0 Å². The fraction of sp³-hybridized carbons (Fsp3) is 0.353. The molecule has 0 aliphatic carbocycles. The van der Waals surface area contributed by atoms with E-state index in [0.29, 0.717) is 12.0 Å². The Kier molecular flexibility index (Phi) is 2.89. The molecule has 3 heterocycles. The van der Waals surface area contributed by atoms with Crippen LogP contribution < -0.4 is 0 Å². The minimum absolute atomic E-state index is 0.0603. The third-order valence-corrected chi connectivity index (χ3v) is 5.00. The van der Waals surface area contributed by atoms with Crippen LogP contribution in [0.25, 0.3) is 10.8 Å². The van der Waals surface area contributed by atoms with Gasteiger partial charge in [0.05, 0.1) is 5.92 Å².